The number of hydrogen-bond donors (Lipinski definition) is 1. The van der Waals surface area contributed by atoms with Crippen molar-refractivity contribution in [2.75, 3.05) is 7.11 Å². The SMILES string of the molecule is CC/C=C\C[C@@H]1C(O)CC[C@@H]1CC(=O)OC. The summed E-state index contributed by atoms with van der Waals surface area (Å²) in [5.41, 5.74) is 0. The molecule has 3 atom stereocenters. The zero-order chi connectivity index (χ0) is 12.0. The molecule has 3 heteroatoms. The van der Waals surface area contributed by atoms with Crippen LogP contribution in [0.15, 0.2) is 12.2 Å². The minimum Gasteiger partial charge on any atom is -0.469 e. The van der Waals surface area contributed by atoms with Gasteiger partial charge in [-0.15, -0.1) is 0 Å². The lowest BCUT2D eigenvalue weighted by atomic mass is 9.89. The molecule has 92 valence electrons. The molecule has 0 aromatic carbocycles. The second kappa shape index (κ2) is 6.69. The fourth-order valence-electron chi connectivity index (χ4n) is 2.45. The van der Waals surface area contributed by atoms with Crippen molar-refractivity contribution in [1.82, 2.24) is 0 Å². The van der Waals surface area contributed by atoms with Crippen LogP contribution in [0.5, 0.6) is 0 Å². The molecule has 1 unspecified atom stereocenters. The second-order valence-electron chi connectivity index (χ2n) is 4.46. The monoisotopic (exact) mass is 226 g/mol. The number of methoxy groups -OCH3 is 1. The zero-order valence-electron chi connectivity index (χ0n) is 10.2. The largest absolute Gasteiger partial charge is 0.469 e. The van der Waals surface area contributed by atoms with E-state index in [-0.39, 0.29) is 23.9 Å². The first-order valence-corrected chi connectivity index (χ1v) is 6.08. The van der Waals surface area contributed by atoms with Crippen molar-refractivity contribution in [2.45, 2.75) is 45.1 Å². The molecule has 0 amide bonds. The lowest BCUT2D eigenvalue weighted by Gasteiger charge is -2.19. The van der Waals surface area contributed by atoms with Crippen LogP contribution in [-0.4, -0.2) is 24.3 Å². The first-order chi connectivity index (χ1) is 7.69. The molecule has 1 fully saturated rings. The number of ether oxygens (including phenoxy) is 1. The van der Waals surface area contributed by atoms with E-state index in [9.17, 15) is 9.90 Å². The first kappa shape index (κ1) is 13.2. The van der Waals surface area contributed by atoms with Gasteiger partial charge in [0.1, 0.15) is 0 Å². The van der Waals surface area contributed by atoms with Crippen molar-refractivity contribution < 1.29 is 14.6 Å². The Hall–Kier alpha value is -0.830. The lowest BCUT2D eigenvalue weighted by Crippen LogP contribution is -2.21. The molecular weight excluding hydrogens is 204 g/mol. The van der Waals surface area contributed by atoms with E-state index < -0.39 is 0 Å². The lowest BCUT2D eigenvalue weighted by molar-refractivity contribution is -0.142. The van der Waals surface area contributed by atoms with Crippen LogP contribution in [-0.2, 0) is 9.53 Å². The number of allylic oxidation sites excluding steroid dienone is 2. The van der Waals surface area contributed by atoms with Crippen LogP contribution in [0.2, 0.25) is 0 Å². The molecule has 1 N–H and O–H groups in total. The smallest absolute Gasteiger partial charge is 0.305 e. The van der Waals surface area contributed by atoms with Crippen molar-refractivity contribution >= 4 is 5.97 Å². The predicted molar refractivity (Wildman–Crippen MR) is 62.9 cm³/mol. The number of hydrogen-bond acceptors (Lipinski definition) is 3. The molecule has 1 rings (SSSR count). The Morgan fingerprint density at radius 2 is 2.19 bits per heavy atom. The van der Waals surface area contributed by atoms with Gasteiger partial charge < -0.3 is 9.84 Å². The van der Waals surface area contributed by atoms with Crippen molar-refractivity contribution in [1.29, 1.82) is 0 Å². The quantitative estimate of drug-likeness (QED) is 0.578. The van der Waals surface area contributed by atoms with E-state index in [1.165, 1.54) is 7.11 Å². The van der Waals surface area contributed by atoms with Gasteiger partial charge in [-0.2, -0.15) is 0 Å². The Labute approximate surface area is 97.5 Å². The van der Waals surface area contributed by atoms with Crippen molar-refractivity contribution in [3.63, 3.8) is 0 Å². The van der Waals surface area contributed by atoms with Gasteiger partial charge in [-0.25, -0.2) is 0 Å². The summed E-state index contributed by atoms with van der Waals surface area (Å²) in [4.78, 5) is 11.2. The Bertz CT molecular complexity index is 248. The molecule has 0 saturated heterocycles. The average Bonchev–Trinajstić information content (AvgIpc) is 2.61. The highest BCUT2D eigenvalue weighted by Gasteiger charge is 2.35. The molecule has 0 spiro atoms. The summed E-state index contributed by atoms with van der Waals surface area (Å²) in [6, 6.07) is 0. The number of carbonyl (C=O) groups is 1. The van der Waals surface area contributed by atoms with E-state index in [0.717, 1.165) is 25.7 Å². The van der Waals surface area contributed by atoms with E-state index in [1.807, 2.05) is 0 Å². The molecule has 1 aliphatic carbocycles. The first-order valence-electron chi connectivity index (χ1n) is 6.08. The normalized spacial score (nSPS) is 29.8. The predicted octanol–water partition coefficient (Wildman–Crippen LogP) is 2.29. The van der Waals surface area contributed by atoms with E-state index >= 15 is 0 Å². The third kappa shape index (κ3) is 3.63. The molecule has 0 radical (unpaired) electrons. The Morgan fingerprint density at radius 3 is 2.81 bits per heavy atom. The summed E-state index contributed by atoms with van der Waals surface area (Å²) in [5.74, 6) is 0.342. The second-order valence-corrected chi connectivity index (χ2v) is 4.46. The molecule has 0 aromatic rings. The topological polar surface area (TPSA) is 46.5 Å². The van der Waals surface area contributed by atoms with Crippen LogP contribution in [0.25, 0.3) is 0 Å². The molecule has 0 aliphatic heterocycles. The van der Waals surface area contributed by atoms with Crippen LogP contribution in [0, 0.1) is 11.8 Å². The standard InChI is InChI=1S/C13H22O3/c1-3-4-5-6-11-10(7-8-12(11)14)9-13(15)16-2/h4-5,10-12,14H,3,6-9H2,1-2H3/b5-4-/t10-,11+,12?/m1/s1. The molecule has 0 aromatic heterocycles. The van der Waals surface area contributed by atoms with E-state index in [4.69, 9.17) is 0 Å². The summed E-state index contributed by atoms with van der Waals surface area (Å²) in [6.07, 6.45) is 8.05. The zero-order valence-corrected chi connectivity index (χ0v) is 10.2. The fourth-order valence-corrected chi connectivity index (χ4v) is 2.45. The summed E-state index contributed by atoms with van der Waals surface area (Å²) < 4.78 is 4.68. The molecule has 0 heterocycles. The number of aliphatic hydroxyl groups excluding tert-OH is 1. The van der Waals surface area contributed by atoms with Crippen LogP contribution in [0.1, 0.15) is 39.0 Å². The maximum Gasteiger partial charge on any atom is 0.305 e. The van der Waals surface area contributed by atoms with Gasteiger partial charge in [0, 0.05) is 6.42 Å². The van der Waals surface area contributed by atoms with Crippen LogP contribution in [0.3, 0.4) is 0 Å². The van der Waals surface area contributed by atoms with Crippen LogP contribution >= 0.6 is 0 Å². The van der Waals surface area contributed by atoms with Crippen molar-refractivity contribution in [2.24, 2.45) is 11.8 Å². The van der Waals surface area contributed by atoms with Gasteiger partial charge in [0.15, 0.2) is 0 Å². The van der Waals surface area contributed by atoms with E-state index in [1.54, 1.807) is 0 Å². The van der Waals surface area contributed by atoms with Crippen molar-refractivity contribution in [3.05, 3.63) is 12.2 Å². The van der Waals surface area contributed by atoms with Gasteiger partial charge in [0.25, 0.3) is 0 Å². The van der Waals surface area contributed by atoms with Gasteiger partial charge in [0.2, 0.25) is 0 Å². The highest BCUT2D eigenvalue weighted by Crippen LogP contribution is 2.37. The molecule has 1 saturated carbocycles. The van der Waals surface area contributed by atoms with Gasteiger partial charge in [-0.05, 0) is 37.5 Å². The third-order valence-electron chi connectivity index (χ3n) is 3.40. The summed E-state index contributed by atoms with van der Waals surface area (Å²) in [7, 11) is 1.42. The summed E-state index contributed by atoms with van der Waals surface area (Å²) in [5, 5.41) is 9.86. The molecule has 16 heavy (non-hydrogen) atoms. The van der Waals surface area contributed by atoms with E-state index in [2.05, 4.69) is 23.8 Å². The molecule has 3 nitrogen and oxygen atoms in total. The fraction of sp³-hybridized carbons (Fsp3) is 0.769. The summed E-state index contributed by atoms with van der Waals surface area (Å²) in [6.45, 7) is 2.09. The van der Waals surface area contributed by atoms with Gasteiger partial charge in [-0.3, -0.25) is 4.79 Å². The number of carbonyl (C=O) groups excluding carboxylic acids is 1. The average molecular weight is 226 g/mol. The van der Waals surface area contributed by atoms with Gasteiger partial charge >= 0.3 is 5.97 Å². The highest BCUT2D eigenvalue weighted by molar-refractivity contribution is 5.69. The number of aliphatic hydroxyl groups is 1. The maximum atomic E-state index is 11.2. The summed E-state index contributed by atoms with van der Waals surface area (Å²) >= 11 is 0. The van der Waals surface area contributed by atoms with Gasteiger partial charge in [-0.1, -0.05) is 19.1 Å². The Kier molecular flexibility index (Phi) is 5.53. The molecular formula is C13H22O3. The third-order valence-corrected chi connectivity index (χ3v) is 3.40. The molecule has 0 bridgehead atoms. The highest BCUT2D eigenvalue weighted by atomic mass is 16.5. The Morgan fingerprint density at radius 1 is 1.44 bits per heavy atom. The van der Waals surface area contributed by atoms with Crippen LogP contribution < -0.4 is 0 Å². The van der Waals surface area contributed by atoms with E-state index in [0.29, 0.717) is 6.42 Å². The maximum absolute atomic E-state index is 11.2. The van der Waals surface area contributed by atoms with Crippen LogP contribution in [0.4, 0.5) is 0 Å². The van der Waals surface area contributed by atoms with Gasteiger partial charge in [0.05, 0.1) is 13.2 Å². The van der Waals surface area contributed by atoms with Crippen molar-refractivity contribution in [3.8, 4) is 0 Å². The minimum atomic E-state index is -0.254. The molecule has 1 aliphatic rings. The Balaban J connectivity index is 2.48. The number of rotatable bonds is 5. The number of esters is 1. The minimum absolute atomic E-state index is 0.163.